The van der Waals surface area contributed by atoms with E-state index in [1.165, 1.54) is 0 Å². The second-order valence-electron chi connectivity index (χ2n) is 4.67. The standard InChI is InChI=1S/C14H17NO3/c1-9-7-10-4-5-13(16)11(10)8-12(9)15-6-2-3-14(17)18/h7-8,15H,2-6H2,1H3,(H,17,18). The summed E-state index contributed by atoms with van der Waals surface area (Å²) in [5.74, 6) is -0.573. The van der Waals surface area contributed by atoms with Crippen molar-refractivity contribution in [2.75, 3.05) is 11.9 Å². The predicted molar refractivity (Wildman–Crippen MR) is 69.2 cm³/mol. The van der Waals surface area contributed by atoms with Crippen molar-refractivity contribution in [1.82, 2.24) is 0 Å². The van der Waals surface area contributed by atoms with Crippen LogP contribution in [0.2, 0.25) is 0 Å². The summed E-state index contributed by atoms with van der Waals surface area (Å²) in [6.07, 6.45) is 2.20. The molecule has 0 fully saturated rings. The van der Waals surface area contributed by atoms with Gasteiger partial charge in [-0.3, -0.25) is 9.59 Å². The first-order valence-corrected chi connectivity index (χ1v) is 6.20. The van der Waals surface area contributed by atoms with Crippen LogP contribution in [-0.4, -0.2) is 23.4 Å². The minimum Gasteiger partial charge on any atom is -0.481 e. The minimum atomic E-state index is -0.780. The van der Waals surface area contributed by atoms with Crippen LogP contribution < -0.4 is 5.32 Å². The molecule has 0 aliphatic heterocycles. The van der Waals surface area contributed by atoms with Crippen molar-refractivity contribution < 1.29 is 14.7 Å². The van der Waals surface area contributed by atoms with Crippen LogP contribution in [-0.2, 0) is 11.2 Å². The fourth-order valence-electron chi connectivity index (χ4n) is 2.27. The molecule has 0 heterocycles. The van der Waals surface area contributed by atoms with Crippen LogP contribution in [0, 0.1) is 6.92 Å². The van der Waals surface area contributed by atoms with Crippen molar-refractivity contribution in [3.05, 3.63) is 28.8 Å². The number of fused-ring (bicyclic) bond motifs is 1. The first-order valence-electron chi connectivity index (χ1n) is 6.20. The normalized spacial score (nSPS) is 13.5. The zero-order chi connectivity index (χ0) is 13.1. The molecule has 2 rings (SSSR count). The average Bonchev–Trinajstić information content (AvgIpc) is 2.66. The number of ketones is 1. The predicted octanol–water partition coefficient (Wildman–Crippen LogP) is 2.40. The fourth-order valence-corrected chi connectivity index (χ4v) is 2.27. The number of hydrogen-bond donors (Lipinski definition) is 2. The molecule has 1 aromatic rings. The van der Waals surface area contributed by atoms with Crippen molar-refractivity contribution in [2.24, 2.45) is 0 Å². The number of nitrogens with one attached hydrogen (secondary N) is 1. The van der Waals surface area contributed by atoms with Gasteiger partial charge in [-0.2, -0.15) is 0 Å². The Bertz CT molecular complexity index is 494. The van der Waals surface area contributed by atoms with Gasteiger partial charge in [0.1, 0.15) is 0 Å². The summed E-state index contributed by atoms with van der Waals surface area (Å²) >= 11 is 0. The van der Waals surface area contributed by atoms with Crippen molar-refractivity contribution in [3.8, 4) is 0 Å². The van der Waals surface area contributed by atoms with E-state index in [1.807, 2.05) is 13.0 Å². The first-order chi connectivity index (χ1) is 8.58. The van der Waals surface area contributed by atoms with Gasteiger partial charge in [0.15, 0.2) is 5.78 Å². The molecule has 0 atom stereocenters. The highest BCUT2D eigenvalue weighted by molar-refractivity contribution is 6.01. The lowest BCUT2D eigenvalue weighted by Gasteiger charge is -2.11. The molecule has 1 aliphatic rings. The number of Topliss-reactive ketones (excluding diaryl/α,β-unsaturated/α-hetero) is 1. The smallest absolute Gasteiger partial charge is 0.303 e. The summed E-state index contributed by atoms with van der Waals surface area (Å²) in [5.41, 5.74) is 4.00. The molecule has 0 unspecified atom stereocenters. The molecule has 18 heavy (non-hydrogen) atoms. The van der Waals surface area contributed by atoms with E-state index in [9.17, 15) is 9.59 Å². The Labute approximate surface area is 106 Å². The molecule has 96 valence electrons. The van der Waals surface area contributed by atoms with E-state index >= 15 is 0 Å². The molecule has 1 aliphatic carbocycles. The number of aryl methyl sites for hydroxylation is 2. The second kappa shape index (κ2) is 5.21. The van der Waals surface area contributed by atoms with E-state index in [2.05, 4.69) is 11.4 Å². The molecule has 4 nitrogen and oxygen atoms in total. The van der Waals surface area contributed by atoms with E-state index in [-0.39, 0.29) is 12.2 Å². The number of aliphatic carboxylic acids is 1. The molecule has 4 heteroatoms. The zero-order valence-corrected chi connectivity index (χ0v) is 10.5. The van der Waals surface area contributed by atoms with E-state index < -0.39 is 5.97 Å². The van der Waals surface area contributed by atoms with Crippen LogP contribution in [0.15, 0.2) is 12.1 Å². The number of anilines is 1. The molecule has 0 saturated heterocycles. The quantitative estimate of drug-likeness (QED) is 0.784. The number of carboxylic acid groups (broad SMARTS) is 1. The molecule has 0 amide bonds. The molecule has 0 bridgehead atoms. The van der Waals surface area contributed by atoms with Gasteiger partial charge in [0.25, 0.3) is 0 Å². The second-order valence-corrected chi connectivity index (χ2v) is 4.67. The van der Waals surface area contributed by atoms with Crippen molar-refractivity contribution in [1.29, 1.82) is 0 Å². The third-order valence-corrected chi connectivity index (χ3v) is 3.25. The van der Waals surface area contributed by atoms with E-state index in [1.54, 1.807) is 0 Å². The van der Waals surface area contributed by atoms with Gasteiger partial charge in [0, 0.05) is 30.6 Å². The van der Waals surface area contributed by atoms with Gasteiger partial charge in [0.2, 0.25) is 0 Å². The Morgan fingerprint density at radius 1 is 1.39 bits per heavy atom. The summed E-state index contributed by atoms with van der Waals surface area (Å²) in [5, 5.41) is 11.8. The lowest BCUT2D eigenvalue weighted by atomic mass is 10.0. The lowest BCUT2D eigenvalue weighted by molar-refractivity contribution is -0.137. The van der Waals surface area contributed by atoms with Crippen LogP contribution in [0.5, 0.6) is 0 Å². The van der Waals surface area contributed by atoms with Gasteiger partial charge >= 0.3 is 5.97 Å². The van der Waals surface area contributed by atoms with Crippen LogP contribution in [0.3, 0.4) is 0 Å². The van der Waals surface area contributed by atoms with Gasteiger partial charge in [-0.15, -0.1) is 0 Å². The SMILES string of the molecule is Cc1cc2c(cc1NCCCC(=O)O)C(=O)CC2. The molecular formula is C14H17NO3. The van der Waals surface area contributed by atoms with Crippen molar-refractivity contribution in [3.63, 3.8) is 0 Å². The maximum Gasteiger partial charge on any atom is 0.303 e. The maximum atomic E-state index is 11.6. The van der Waals surface area contributed by atoms with Crippen molar-refractivity contribution in [2.45, 2.75) is 32.6 Å². The van der Waals surface area contributed by atoms with Gasteiger partial charge in [-0.25, -0.2) is 0 Å². The summed E-state index contributed by atoms with van der Waals surface area (Å²) in [6, 6.07) is 3.96. The van der Waals surface area contributed by atoms with Gasteiger partial charge in [0.05, 0.1) is 0 Å². The number of benzene rings is 1. The molecule has 0 spiro atoms. The number of rotatable bonds is 5. The molecular weight excluding hydrogens is 230 g/mol. The monoisotopic (exact) mass is 247 g/mol. The maximum absolute atomic E-state index is 11.6. The summed E-state index contributed by atoms with van der Waals surface area (Å²) in [7, 11) is 0. The Morgan fingerprint density at radius 3 is 2.89 bits per heavy atom. The summed E-state index contributed by atoms with van der Waals surface area (Å²) in [6.45, 7) is 2.61. The third-order valence-electron chi connectivity index (χ3n) is 3.25. The topological polar surface area (TPSA) is 66.4 Å². The summed E-state index contributed by atoms with van der Waals surface area (Å²) < 4.78 is 0. The first kappa shape index (κ1) is 12.6. The number of hydrogen-bond acceptors (Lipinski definition) is 3. The highest BCUT2D eigenvalue weighted by Crippen LogP contribution is 2.28. The molecule has 0 saturated carbocycles. The molecule has 0 radical (unpaired) electrons. The molecule has 0 aromatic heterocycles. The van der Waals surface area contributed by atoms with Crippen LogP contribution in [0.4, 0.5) is 5.69 Å². The van der Waals surface area contributed by atoms with E-state index in [0.717, 1.165) is 28.8 Å². The number of carbonyl (C=O) groups is 2. The third kappa shape index (κ3) is 2.70. The number of carbonyl (C=O) groups excluding carboxylic acids is 1. The summed E-state index contributed by atoms with van der Waals surface area (Å²) in [4.78, 5) is 22.0. The molecule has 2 N–H and O–H groups in total. The van der Waals surface area contributed by atoms with Gasteiger partial charge < -0.3 is 10.4 Å². The lowest BCUT2D eigenvalue weighted by Crippen LogP contribution is -2.07. The zero-order valence-electron chi connectivity index (χ0n) is 10.5. The largest absolute Gasteiger partial charge is 0.481 e. The van der Waals surface area contributed by atoms with Gasteiger partial charge in [-0.1, -0.05) is 6.07 Å². The van der Waals surface area contributed by atoms with Crippen molar-refractivity contribution >= 4 is 17.4 Å². The fraction of sp³-hybridized carbons (Fsp3) is 0.429. The van der Waals surface area contributed by atoms with E-state index in [0.29, 0.717) is 19.4 Å². The van der Waals surface area contributed by atoms with E-state index in [4.69, 9.17) is 5.11 Å². The average molecular weight is 247 g/mol. The highest BCUT2D eigenvalue weighted by Gasteiger charge is 2.20. The Morgan fingerprint density at radius 2 is 2.17 bits per heavy atom. The molecule has 1 aromatic carbocycles. The minimum absolute atomic E-state index is 0.163. The van der Waals surface area contributed by atoms with Crippen LogP contribution in [0.25, 0.3) is 0 Å². The Hall–Kier alpha value is -1.84. The highest BCUT2D eigenvalue weighted by atomic mass is 16.4. The Balaban J connectivity index is 2.03. The van der Waals surface area contributed by atoms with Crippen LogP contribution in [0.1, 0.15) is 40.7 Å². The number of carboxylic acids is 1. The van der Waals surface area contributed by atoms with Gasteiger partial charge in [-0.05, 0) is 37.0 Å². The Kier molecular flexibility index (Phi) is 3.65. The van der Waals surface area contributed by atoms with Crippen LogP contribution >= 0.6 is 0 Å².